The molecule has 0 aliphatic heterocycles. The Hall–Kier alpha value is -3.54. The van der Waals surface area contributed by atoms with Crippen LogP contribution in [0, 0.1) is 13.8 Å². The summed E-state index contributed by atoms with van der Waals surface area (Å²) in [6, 6.07) is 15.9. The Morgan fingerprint density at radius 2 is 1.67 bits per heavy atom. The molecule has 1 aliphatic carbocycles. The lowest BCUT2D eigenvalue weighted by molar-refractivity contribution is -0.123. The normalized spacial score (nSPS) is 14.6. The second kappa shape index (κ2) is 9.94. The molecule has 6 heteroatoms. The molecule has 0 saturated heterocycles. The van der Waals surface area contributed by atoms with Crippen LogP contribution in [0.3, 0.4) is 0 Å². The first-order valence-corrected chi connectivity index (χ1v) is 11.4. The number of hydrogen-bond donors (Lipinski definition) is 1. The van der Waals surface area contributed by atoms with Crippen molar-refractivity contribution in [2.75, 3.05) is 12.0 Å². The molecule has 1 N–H and O–H groups in total. The summed E-state index contributed by atoms with van der Waals surface area (Å²) in [6.45, 7) is 3.74. The van der Waals surface area contributed by atoms with Gasteiger partial charge in [-0.15, -0.1) is 0 Å². The van der Waals surface area contributed by atoms with Crippen LogP contribution in [0.2, 0.25) is 0 Å². The number of hydrogen-bond acceptors (Lipinski definition) is 4. The van der Waals surface area contributed by atoms with Gasteiger partial charge in [-0.05, 0) is 62.6 Å². The highest BCUT2D eigenvalue weighted by Gasteiger charge is 2.35. The fraction of sp³-hybridized carbons (Fsp3) is 0.333. The molecule has 33 heavy (non-hydrogen) atoms. The molecule has 1 fully saturated rings. The van der Waals surface area contributed by atoms with Crippen LogP contribution >= 0.6 is 0 Å². The number of aryl methyl sites for hydroxylation is 2. The van der Waals surface area contributed by atoms with Gasteiger partial charge in [0, 0.05) is 11.7 Å². The van der Waals surface area contributed by atoms with Crippen molar-refractivity contribution in [3.8, 4) is 5.75 Å². The molecule has 1 atom stereocenters. The summed E-state index contributed by atoms with van der Waals surface area (Å²) in [4.78, 5) is 29.2. The number of ether oxygens (including phenoxy) is 1. The first-order chi connectivity index (χ1) is 16.0. The topological polar surface area (TPSA) is 71.8 Å². The molecule has 4 rings (SSSR count). The molecule has 1 aromatic heterocycles. The van der Waals surface area contributed by atoms with Crippen molar-refractivity contribution in [1.82, 2.24) is 5.32 Å². The molecule has 6 nitrogen and oxygen atoms in total. The van der Waals surface area contributed by atoms with Crippen LogP contribution in [0.1, 0.15) is 59.0 Å². The van der Waals surface area contributed by atoms with Gasteiger partial charge < -0.3 is 14.5 Å². The average molecular weight is 447 g/mol. The lowest BCUT2D eigenvalue weighted by Crippen LogP contribution is -2.46. The molecular formula is C27H30N2O4. The molecule has 0 spiro atoms. The maximum absolute atomic E-state index is 13.9. The van der Waals surface area contributed by atoms with Crippen LogP contribution in [0.25, 0.3) is 0 Å². The number of carbonyl (C=O) groups is 2. The Morgan fingerprint density at radius 1 is 1.00 bits per heavy atom. The van der Waals surface area contributed by atoms with Crippen LogP contribution in [0.5, 0.6) is 5.75 Å². The minimum atomic E-state index is -0.846. The number of methoxy groups -OCH3 is 1. The molecule has 1 saturated carbocycles. The third-order valence-corrected chi connectivity index (χ3v) is 6.26. The smallest absolute Gasteiger partial charge is 0.262 e. The van der Waals surface area contributed by atoms with E-state index in [-0.39, 0.29) is 17.9 Å². The van der Waals surface area contributed by atoms with Crippen molar-refractivity contribution in [2.24, 2.45) is 0 Å². The number of carbonyl (C=O) groups excluding carboxylic acids is 2. The maximum Gasteiger partial charge on any atom is 0.262 e. The standard InChI is InChI=1S/C27H30N2O4/c1-18-8-12-22(13-9-18)29(27(31)24-16-17-33-19(24)2)25(20-10-14-23(32-3)15-11-20)26(30)28-21-6-4-5-7-21/h8-17,21,25H,4-7H2,1-3H3,(H,28,30)/t25-/m0/s1. The molecular weight excluding hydrogens is 416 g/mol. The zero-order chi connectivity index (χ0) is 23.4. The van der Waals surface area contributed by atoms with Crippen molar-refractivity contribution in [2.45, 2.75) is 51.6 Å². The molecule has 2 aromatic carbocycles. The van der Waals surface area contributed by atoms with E-state index in [0.29, 0.717) is 28.3 Å². The Balaban J connectivity index is 1.81. The minimum Gasteiger partial charge on any atom is -0.497 e. The van der Waals surface area contributed by atoms with Crippen molar-refractivity contribution in [3.05, 3.63) is 83.3 Å². The fourth-order valence-electron chi connectivity index (χ4n) is 4.38. The molecule has 1 heterocycles. The van der Waals surface area contributed by atoms with E-state index in [0.717, 1.165) is 31.2 Å². The molecule has 3 aromatic rings. The van der Waals surface area contributed by atoms with Gasteiger partial charge >= 0.3 is 0 Å². The van der Waals surface area contributed by atoms with Gasteiger partial charge in [0.15, 0.2) is 0 Å². The second-order valence-electron chi connectivity index (χ2n) is 8.57. The molecule has 1 aliphatic rings. The highest BCUT2D eigenvalue weighted by atomic mass is 16.5. The summed E-state index contributed by atoms with van der Waals surface area (Å²) in [5, 5.41) is 3.19. The van der Waals surface area contributed by atoms with E-state index >= 15 is 0 Å². The van der Waals surface area contributed by atoms with Gasteiger partial charge in [-0.3, -0.25) is 14.5 Å². The number of benzene rings is 2. The predicted octanol–water partition coefficient (Wildman–Crippen LogP) is 5.35. The summed E-state index contributed by atoms with van der Waals surface area (Å²) in [5.74, 6) is 0.726. The lowest BCUT2D eigenvalue weighted by atomic mass is 10.0. The van der Waals surface area contributed by atoms with Gasteiger partial charge in [0.25, 0.3) is 5.91 Å². The zero-order valence-corrected chi connectivity index (χ0v) is 19.3. The van der Waals surface area contributed by atoms with E-state index in [1.165, 1.54) is 6.26 Å². The van der Waals surface area contributed by atoms with Crippen molar-refractivity contribution in [1.29, 1.82) is 0 Å². The summed E-state index contributed by atoms with van der Waals surface area (Å²) in [5.41, 5.74) is 2.86. The van der Waals surface area contributed by atoms with Crippen molar-refractivity contribution >= 4 is 17.5 Å². The predicted molar refractivity (Wildman–Crippen MR) is 128 cm³/mol. The monoisotopic (exact) mass is 446 g/mol. The zero-order valence-electron chi connectivity index (χ0n) is 19.3. The van der Waals surface area contributed by atoms with Crippen LogP contribution < -0.4 is 15.0 Å². The van der Waals surface area contributed by atoms with Crippen molar-refractivity contribution in [3.63, 3.8) is 0 Å². The van der Waals surface area contributed by atoms with Gasteiger partial charge in [-0.2, -0.15) is 0 Å². The largest absolute Gasteiger partial charge is 0.497 e. The van der Waals surface area contributed by atoms with E-state index in [4.69, 9.17) is 9.15 Å². The van der Waals surface area contributed by atoms with E-state index in [1.807, 2.05) is 55.5 Å². The third kappa shape index (κ3) is 4.95. The van der Waals surface area contributed by atoms with Gasteiger partial charge in [0.05, 0.1) is 18.9 Å². The Labute approximate surface area is 194 Å². The van der Waals surface area contributed by atoms with Gasteiger partial charge in [0.2, 0.25) is 5.91 Å². The minimum absolute atomic E-state index is 0.129. The first kappa shape index (κ1) is 22.6. The molecule has 0 bridgehead atoms. The molecule has 2 amide bonds. The van der Waals surface area contributed by atoms with Gasteiger partial charge in [-0.25, -0.2) is 0 Å². The first-order valence-electron chi connectivity index (χ1n) is 11.4. The van der Waals surface area contributed by atoms with Gasteiger partial charge in [0.1, 0.15) is 17.6 Å². The average Bonchev–Trinajstić information content (AvgIpc) is 3.49. The Morgan fingerprint density at radius 3 is 2.24 bits per heavy atom. The Bertz CT molecular complexity index is 1100. The van der Waals surface area contributed by atoms with Gasteiger partial charge in [-0.1, -0.05) is 42.7 Å². The number of anilines is 1. The maximum atomic E-state index is 13.9. The second-order valence-corrected chi connectivity index (χ2v) is 8.57. The van der Waals surface area contributed by atoms with Crippen LogP contribution in [0.4, 0.5) is 5.69 Å². The van der Waals surface area contributed by atoms with Crippen molar-refractivity contribution < 1.29 is 18.7 Å². The molecule has 0 unspecified atom stereocenters. The van der Waals surface area contributed by atoms with E-state index in [2.05, 4.69) is 5.32 Å². The lowest BCUT2D eigenvalue weighted by Gasteiger charge is -2.32. The SMILES string of the molecule is COc1ccc([C@@H](C(=O)NC2CCCC2)N(C(=O)c2ccoc2C)c2ccc(C)cc2)cc1. The van der Waals surface area contributed by atoms with Crippen LogP contribution in [-0.2, 0) is 4.79 Å². The van der Waals surface area contributed by atoms with Crippen LogP contribution in [-0.4, -0.2) is 25.0 Å². The Kier molecular flexibility index (Phi) is 6.82. The summed E-state index contributed by atoms with van der Waals surface area (Å²) in [6.07, 6.45) is 5.62. The number of furan rings is 1. The third-order valence-electron chi connectivity index (χ3n) is 6.26. The van der Waals surface area contributed by atoms with E-state index < -0.39 is 6.04 Å². The van der Waals surface area contributed by atoms with E-state index in [9.17, 15) is 9.59 Å². The summed E-state index contributed by atoms with van der Waals surface area (Å²) >= 11 is 0. The highest BCUT2D eigenvalue weighted by Crippen LogP contribution is 2.32. The highest BCUT2D eigenvalue weighted by molar-refractivity contribution is 6.10. The molecule has 0 radical (unpaired) electrons. The molecule has 172 valence electrons. The quantitative estimate of drug-likeness (QED) is 0.531. The summed E-state index contributed by atoms with van der Waals surface area (Å²) < 4.78 is 10.7. The number of nitrogens with one attached hydrogen (secondary N) is 1. The number of amides is 2. The summed E-state index contributed by atoms with van der Waals surface area (Å²) in [7, 11) is 1.60. The number of nitrogens with zero attached hydrogens (tertiary/aromatic N) is 1. The fourth-order valence-corrected chi connectivity index (χ4v) is 4.38. The van der Waals surface area contributed by atoms with E-state index in [1.54, 1.807) is 25.0 Å². The van der Waals surface area contributed by atoms with Crippen LogP contribution in [0.15, 0.2) is 65.3 Å². The number of rotatable bonds is 7.